The molecule has 2 N–H and O–H groups in total. The summed E-state index contributed by atoms with van der Waals surface area (Å²) in [5.41, 5.74) is 6.79. The number of rotatable bonds is 9. The highest BCUT2D eigenvalue weighted by atomic mass is 35.5. The van der Waals surface area contributed by atoms with Gasteiger partial charge in [-0.05, 0) is 60.4 Å². The third kappa shape index (κ3) is 6.85. The number of hydrogen-bond acceptors (Lipinski definition) is 4. The number of hydrogen-bond donors (Lipinski definition) is 2. The minimum atomic E-state index is -0.429. The molecule has 0 saturated carbocycles. The lowest BCUT2D eigenvalue weighted by molar-refractivity contribution is 0.252. The van der Waals surface area contributed by atoms with E-state index in [2.05, 4.69) is 22.4 Å². The summed E-state index contributed by atoms with van der Waals surface area (Å²) in [4.78, 5) is 12.1. The number of halogens is 1. The molecule has 0 atom stereocenters. The third-order valence-corrected chi connectivity index (χ3v) is 5.06. The van der Waals surface area contributed by atoms with Crippen LogP contribution >= 0.6 is 11.6 Å². The molecule has 0 aliphatic heterocycles. The summed E-state index contributed by atoms with van der Waals surface area (Å²) in [6.45, 7) is 6.12. The van der Waals surface area contributed by atoms with Crippen molar-refractivity contribution < 1.29 is 14.3 Å². The Morgan fingerprint density at radius 2 is 1.91 bits per heavy atom. The van der Waals surface area contributed by atoms with E-state index >= 15 is 0 Å². The Bertz CT molecular complexity index is 1140. The van der Waals surface area contributed by atoms with Gasteiger partial charge in [-0.1, -0.05) is 48.0 Å². The Kier molecular flexibility index (Phi) is 8.49. The molecular formula is C26H26ClN3O3. The lowest BCUT2D eigenvalue weighted by atomic mass is 10.1. The first-order valence-corrected chi connectivity index (χ1v) is 10.7. The molecule has 7 heteroatoms. The van der Waals surface area contributed by atoms with Gasteiger partial charge in [-0.25, -0.2) is 10.2 Å². The van der Waals surface area contributed by atoms with Gasteiger partial charge in [0.1, 0.15) is 6.61 Å². The second-order valence-electron chi connectivity index (χ2n) is 7.26. The topological polar surface area (TPSA) is 72.0 Å². The Morgan fingerprint density at radius 1 is 1.15 bits per heavy atom. The van der Waals surface area contributed by atoms with Crippen molar-refractivity contribution in [1.29, 1.82) is 0 Å². The summed E-state index contributed by atoms with van der Waals surface area (Å²) in [5.74, 6) is 1.20. The molecule has 0 heterocycles. The molecule has 0 saturated heterocycles. The van der Waals surface area contributed by atoms with E-state index in [-0.39, 0.29) is 0 Å². The monoisotopic (exact) mass is 463 g/mol. The van der Waals surface area contributed by atoms with E-state index in [4.69, 9.17) is 21.1 Å². The highest BCUT2D eigenvalue weighted by molar-refractivity contribution is 6.30. The van der Waals surface area contributed by atoms with Gasteiger partial charge in [0, 0.05) is 16.3 Å². The van der Waals surface area contributed by atoms with Gasteiger partial charge in [0.05, 0.1) is 13.3 Å². The Morgan fingerprint density at radius 3 is 2.61 bits per heavy atom. The number of nitrogens with zero attached hydrogens (tertiary/aromatic N) is 1. The van der Waals surface area contributed by atoms with Crippen LogP contribution in [0.15, 0.2) is 78.4 Å². The number of para-hydroxylation sites is 1. The smallest absolute Gasteiger partial charge is 0.339 e. The maximum absolute atomic E-state index is 12.1. The van der Waals surface area contributed by atoms with Gasteiger partial charge in [-0.15, -0.1) is 6.58 Å². The van der Waals surface area contributed by atoms with Crippen LogP contribution in [-0.4, -0.2) is 19.4 Å². The molecule has 0 aliphatic rings. The maximum atomic E-state index is 12.1. The van der Waals surface area contributed by atoms with E-state index in [1.165, 1.54) is 0 Å². The second-order valence-corrected chi connectivity index (χ2v) is 7.69. The van der Waals surface area contributed by atoms with Crippen LogP contribution in [0.25, 0.3) is 0 Å². The van der Waals surface area contributed by atoms with Crippen LogP contribution in [-0.2, 0) is 13.0 Å². The van der Waals surface area contributed by atoms with Gasteiger partial charge in [0.15, 0.2) is 11.5 Å². The van der Waals surface area contributed by atoms with E-state index in [0.717, 1.165) is 27.9 Å². The molecule has 0 bridgehead atoms. The molecule has 0 fully saturated rings. The Labute approximate surface area is 198 Å². The second kappa shape index (κ2) is 11.7. The number of amides is 2. The van der Waals surface area contributed by atoms with Crippen molar-refractivity contribution in [3.63, 3.8) is 0 Å². The molecule has 3 aromatic carbocycles. The van der Waals surface area contributed by atoms with E-state index < -0.39 is 6.03 Å². The minimum absolute atomic E-state index is 0.367. The quantitative estimate of drug-likeness (QED) is 0.228. The molecule has 0 aromatic heterocycles. The van der Waals surface area contributed by atoms with Crippen LogP contribution in [0.1, 0.15) is 22.3 Å². The fourth-order valence-corrected chi connectivity index (χ4v) is 3.27. The molecule has 0 spiro atoms. The SMILES string of the molecule is C=CCc1cc(C=NNC(=O)Nc2ccccc2C)cc(OC)c1OCc1ccc(Cl)cc1. The largest absolute Gasteiger partial charge is 0.493 e. The number of hydrazone groups is 1. The van der Waals surface area contributed by atoms with E-state index in [1.54, 1.807) is 25.5 Å². The van der Waals surface area contributed by atoms with Crippen molar-refractivity contribution in [3.05, 3.63) is 101 Å². The summed E-state index contributed by atoms with van der Waals surface area (Å²) < 4.78 is 11.6. The fourth-order valence-electron chi connectivity index (χ4n) is 3.15. The van der Waals surface area contributed by atoms with Crippen LogP contribution in [0.2, 0.25) is 5.02 Å². The Hall–Kier alpha value is -3.77. The summed E-state index contributed by atoms with van der Waals surface area (Å²) >= 11 is 5.95. The number of ether oxygens (including phenoxy) is 2. The molecule has 0 aliphatic carbocycles. The van der Waals surface area contributed by atoms with Crippen LogP contribution in [0.3, 0.4) is 0 Å². The van der Waals surface area contributed by atoms with E-state index in [1.807, 2.05) is 61.5 Å². The average Bonchev–Trinajstić information content (AvgIpc) is 2.81. The first-order valence-electron chi connectivity index (χ1n) is 10.3. The van der Waals surface area contributed by atoms with Crippen LogP contribution in [0.4, 0.5) is 10.5 Å². The number of benzene rings is 3. The minimum Gasteiger partial charge on any atom is -0.493 e. The van der Waals surface area contributed by atoms with Gasteiger partial charge < -0.3 is 14.8 Å². The maximum Gasteiger partial charge on any atom is 0.339 e. The summed E-state index contributed by atoms with van der Waals surface area (Å²) in [5, 5.41) is 7.49. The van der Waals surface area contributed by atoms with E-state index in [0.29, 0.717) is 29.5 Å². The third-order valence-electron chi connectivity index (χ3n) is 4.81. The number of carbonyl (C=O) groups is 1. The van der Waals surface area contributed by atoms with E-state index in [9.17, 15) is 4.79 Å². The summed E-state index contributed by atoms with van der Waals surface area (Å²) in [6.07, 6.45) is 3.92. The highest BCUT2D eigenvalue weighted by Gasteiger charge is 2.13. The van der Waals surface area contributed by atoms with Gasteiger partial charge >= 0.3 is 6.03 Å². The fraction of sp³-hybridized carbons (Fsp3) is 0.154. The number of nitrogens with one attached hydrogen (secondary N) is 2. The number of carbonyl (C=O) groups excluding carboxylic acids is 1. The Balaban J connectivity index is 1.72. The molecule has 170 valence electrons. The van der Waals surface area contributed by atoms with Crippen molar-refractivity contribution in [2.45, 2.75) is 20.0 Å². The zero-order valence-electron chi connectivity index (χ0n) is 18.6. The molecule has 0 unspecified atom stereocenters. The van der Waals surface area contributed by atoms with Gasteiger partial charge in [0.2, 0.25) is 0 Å². The van der Waals surface area contributed by atoms with Gasteiger partial charge in [-0.2, -0.15) is 5.10 Å². The number of aryl methyl sites for hydroxylation is 1. The zero-order valence-corrected chi connectivity index (χ0v) is 19.4. The lowest BCUT2D eigenvalue weighted by Crippen LogP contribution is -2.24. The molecule has 6 nitrogen and oxygen atoms in total. The predicted molar refractivity (Wildman–Crippen MR) is 134 cm³/mol. The number of anilines is 1. The van der Waals surface area contributed by atoms with Crippen LogP contribution < -0.4 is 20.2 Å². The van der Waals surface area contributed by atoms with Gasteiger partial charge in [-0.3, -0.25) is 0 Å². The average molecular weight is 464 g/mol. The van der Waals surface area contributed by atoms with Crippen molar-refractivity contribution in [1.82, 2.24) is 5.43 Å². The standard InChI is InChI=1S/C26H26ClN3O3/c1-4-7-21-14-20(16-28-30-26(31)29-23-9-6-5-8-18(23)2)15-24(32-3)25(21)33-17-19-10-12-22(27)13-11-19/h4-6,8-16H,1,7,17H2,2-3H3,(H2,29,30,31). The zero-order chi connectivity index (χ0) is 23.6. The predicted octanol–water partition coefficient (Wildman–Crippen LogP) is 6.12. The number of urea groups is 1. The summed E-state index contributed by atoms with van der Waals surface area (Å²) in [7, 11) is 1.58. The molecular weight excluding hydrogens is 438 g/mol. The molecule has 0 radical (unpaired) electrons. The number of methoxy groups -OCH3 is 1. The van der Waals surface area contributed by atoms with Crippen molar-refractivity contribution in [3.8, 4) is 11.5 Å². The highest BCUT2D eigenvalue weighted by Crippen LogP contribution is 2.34. The van der Waals surface area contributed by atoms with Crippen molar-refractivity contribution >= 4 is 29.5 Å². The van der Waals surface area contributed by atoms with Crippen LogP contribution in [0, 0.1) is 6.92 Å². The summed E-state index contributed by atoms with van der Waals surface area (Å²) in [6, 6.07) is 18.3. The van der Waals surface area contributed by atoms with Gasteiger partial charge in [0.25, 0.3) is 0 Å². The van der Waals surface area contributed by atoms with Crippen molar-refractivity contribution in [2.24, 2.45) is 5.10 Å². The normalized spacial score (nSPS) is 10.6. The molecule has 2 amide bonds. The van der Waals surface area contributed by atoms with Crippen LogP contribution in [0.5, 0.6) is 11.5 Å². The molecule has 33 heavy (non-hydrogen) atoms. The lowest BCUT2D eigenvalue weighted by Gasteiger charge is -2.16. The first kappa shape index (κ1) is 23.9. The first-order chi connectivity index (χ1) is 16.0. The molecule has 3 rings (SSSR count). The number of allylic oxidation sites excluding steroid dienone is 1. The van der Waals surface area contributed by atoms with Crippen molar-refractivity contribution in [2.75, 3.05) is 12.4 Å². The molecule has 3 aromatic rings.